The lowest BCUT2D eigenvalue weighted by Gasteiger charge is -2.36. The fourth-order valence-corrected chi connectivity index (χ4v) is 2.78. The van der Waals surface area contributed by atoms with Gasteiger partial charge in [0.05, 0.1) is 13.2 Å². The zero-order chi connectivity index (χ0) is 13.7. The lowest BCUT2D eigenvalue weighted by atomic mass is 10.0. The molecular weight excluding hydrogens is 240 g/mol. The molecule has 0 atom stereocenters. The Morgan fingerprint density at radius 2 is 2.00 bits per heavy atom. The number of likely N-dealkylation sites (tertiary alicyclic amines) is 1. The molecule has 1 N–H and O–H groups in total. The van der Waals surface area contributed by atoms with Crippen molar-refractivity contribution in [2.24, 2.45) is 0 Å². The van der Waals surface area contributed by atoms with Gasteiger partial charge >= 0.3 is 0 Å². The summed E-state index contributed by atoms with van der Waals surface area (Å²) in [6, 6.07) is 4.69. The van der Waals surface area contributed by atoms with Crippen LogP contribution in [0.5, 0.6) is 0 Å². The van der Waals surface area contributed by atoms with Gasteiger partial charge in [-0.2, -0.15) is 0 Å². The minimum Gasteiger partial charge on any atom is -0.465 e. The third-order valence-electron chi connectivity index (χ3n) is 4.02. The van der Waals surface area contributed by atoms with E-state index in [-0.39, 0.29) is 6.61 Å². The highest BCUT2D eigenvalue weighted by Crippen LogP contribution is 2.19. The summed E-state index contributed by atoms with van der Waals surface area (Å²) in [5.41, 5.74) is 0. The number of aliphatic hydroxyl groups excluding tert-OH is 1. The average molecular weight is 266 g/mol. The van der Waals surface area contributed by atoms with Crippen molar-refractivity contribution in [2.75, 3.05) is 33.3 Å². The molecule has 0 spiro atoms. The first kappa shape index (κ1) is 14.6. The fourth-order valence-electron chi connectivity index (χ4n) is 2.78. The highest BCUT2D eigenvalue weighted by molar-refractivity contribution is 5.07. The first-order valence-electron chi connectivity index (χ1n) is 7.34. The highest BCUT2D eigenvalue weighted by Gasteiger charge is 2.23. The van der Waals surface area contributed by atoms with E-state index in [0.717, 1.165) is 44.1 Å². The number of aliphatic hydroxyl groups is 1. The standard InChI is InChI=1S/C15H26N2O2/c1-3-14-4-5-15(19-14)12-17(10-11-18)13-6-8-16(2)9-7-13/h4-5,13,18H,3,6-12H2,1-2H3. The Kier molecular flexibility index (Phi) is 5.43. The molecule has 19 heavy (non-hydrogen) atoms. The summed E-state index contributed by atoms with van der Waals surface area (Å²) in [6.45, 7) is 6.15. The zero-order valence-electron chi connectivity index (χ0n) is 12.1. The maximum atomic E-state index is 9.27. The van der Waals surface area contributed by atoms with E-state index < -0.39 is 0 Å². The van der Waals surface area contributed by atoms with Gasteiger partial charge in [0, 0.05) is 19.0 Å². The van der Waals surface area contributed by atoms with E-state index in [0.29, 0.717) is 6.04 Å². The van der Waals surface area contributed by atoms with Gasteiger partial charge in [-0.15, -0.1) is 0 Å². The van der Waals surface area contributed by atoms with Crippen LogP contribution < -0.4 is 0 Å². The van der Waals surface area contributed by atoms with Gasteiger partial charge in [-0.3, -0.25) is 4.90 Å². The molecule has 1 aromatic heterocycles. The number of piperidine rings is 1. The Balaban J connectivity index is 1.95. The van der Waals surface area contributed by atoms with Gasteiger partial charge < -0.3 is 14.4 Å². The second-order valence-corrected chi connectivity index (χ2v) is 5.45. The number of aryl methyl sites for hydroxylation is 1. The minimum atomic E-state index is 0.216. The van der Waals surface area contributed by atoms with Crippen LogP contribution in [0, 0.1) is 0 Å². The molecule has 2 rings (SSSR count). The molecule has 1 aliphatic rings. The van der Waals surface area contributed by atoms with Crippen LogP contribution >= 0.6 is 0 Å². The van der Waals surface area contributed by atoms with E-state index in [1.807, 2.05) is 0 Å². The number of rotatable bonds is 6. The van der Waals surface area contributed by atoms with Crippen LogP contribution in [0.2, 0.25) is 0 Å². The summed E-state index contributed by atoms with van der Waals surface area (Å²) in [5, 5.41) is 9.27. The second kappa shape index (κ2) is 7.08. The lowest BCUT2D eigenvalue weighted by molar-refractivity contribution is 0.0879. The molecule has 108 valence electrons. The fraction of sp³-hybridized carbons (Fsp3) is 0.733. The number of hydrogen-bond donors (Lipinski definition) is 1. The molecule has 4 nitrogen and oxygen atoms in total. The predicted octanol–water partition coefficient (Wildman–Crippen LogP) is 1.73. The molecular formula is C15H26N2O2. The molecule has 1 aromatic rings. The number of nitrogens with zero attached hydrogens (tertiary/aromatic N) is 2. The molecule has 0 aliphatic carbocycles. The number of furan rings is 1. The molecule has 0 aromatic carbocycles. The number of hydrogen-bond acceptors (Lipinski definition) is 4. The Hall–Kier alpha value is -0.840. The smallest absolute Gasteiger partial charge is 0.118 e. The molecule has 0 radical (unpaired) electrons. The first-order valence-corrected chi connectivity index (χ1v) is 7.34. The van der Waals surface area contributed by atoms with Gasteiger partial charge in [0.2, 0.25) is 0 Å². The normalized spacial score (nSPS) is 18.3. The average Bonchev–Trinajstić information content (AvgIpc) is 2.87. The highest BCUT2D eigenvalue weighted by atomic mass is 16.3. The van der Waals surface area contributed by atoms with Gasteiger partial charge in [0.15, 0.2) is 0 Å². The van der Waals surface area contributed by atoms with E-state index in [4.69, 9.17) is 4.42 Å². The maximum absolute atomic E-state index is 9.27. The Morgan fingerprint density at radius 3 is 2.58 bits per heavy atom. The van der Waals surface area contributed by atoms with Gasteiger partial charge in [-0.25, -0.2) is 0 Å². The largest absolute Gasteiger partial charge is 0.465 e. The third-order valence-corrected chi connectivity index (χ3v) is 4.02. The Bertz CT molecular complexity index is 370. The van der Waals surface area contributed by atoms with Crippen molar-refractivity contribution in [3.8, 4) is 0 Å². The van der Waals surface area contributed by atoms with Crippen LogP contribution in [0.1, 0.15) is 31.3 Å². The van der Waals surface area contributed by atoms with Crippen LogP contribution in [0.3, 0.4) is 0 Å². The quantitative estimate of drug-likeness (QED) is 0.851. The van der Waals surface area contributed by atoms with E-state index in [1.165, 1.54) is 12.8 Å². The monoisotopic (exact) mass is 266 g/mol. The Labute approximate surface area is 116 Å². The molecule has 1 aliphatic heterocycles. The third kappa shape index (κ3) is 4.06. The van der Waals surface area contributed by atoms with E-state index in [9.17, 15) is 5.11 Å². The maximum Gasteiger partial charge on any atom is 0.118 e. The van der Waals surface area contributed by atoms with Crippen molar-refractivity contribution in [3.63, 3.8) is 0 Å². The second-order valence-electron chi connectivity index (χ2n) is 5.45. The van der Waals surface area contributed by atoms with E-state index in [2.05, 4.69) is 35.9 Å². The summed E-state index contributed by atoms with van der Waals surface area (Å²) in [4.78, 5) is 4.74. The predicted molar refractivity (Wildman–Crippen MR) is 76.1 cm³/mol. The first-order chi connectivity index (χ1) is 9.22. The van der Waals surface area contributed by atoms with E-state index >= 15 is 0 Å². The SMILES string of the molecule is CCc1ccc(CN(CCO)C2CCN(C)CC2)o1. The van der Waals surface area contributed by atoms with Crippen molar-refractivity contribution < 1.29 is 9.52 Å². The van der Waals surface area contributed by atoms with Crippen LogP contribution in [0.15, 0.2) is 16.5 Å². The summed E-state index contributed by atoms with van der Waals surface area (Å²) in [6.07, 6.45) is 3.30. The van der Waals surface area contributed by atoms with Crippen molar-refractivity contribution >= 4 is 0 Å². The van der Waals surface area contributed by atoms with Crippen LogP contribution in [-0.4, -0.2) is 54.2 Å². The van der Waals surface area contributed by atoms with Crippen molar-refractivity contribution in [2.45, 2.75) is 38.8 Å². The van der Waals surface area contributed by atoms with Crippen LogP contribution in [0.25, 0.3) is 0 Å². The molecule has 1 saturated heterocycles. The van der Waals surface area contributed by atoms with Gasteiger partial charge in [0.1, 0.15) is 11.5 Å². The van der Waals surface area contributed by atoms with Gasteiger partial charge in [-0.1, -0.05) is 6.92 Å². The molecule has 1 fully saturated rings. The van der Waals surface area contributed by atoms with Gasteiger partial charge in [0.25, 0.3) is 0 Å². The molecule has 0 unspecified atom stereocenters. The molecule has 0 saturated carbocycles. The summed E-state index contributed by atoms with van der Waals surface area (Å²) in [7, 11) is 2.17. The van der Waals surface area contributed by atoms with Crippen molar-refractivity contribution in [1.82, 2.24) is 9.80 Å². The summed E-state index contributed by atoms with van der Waals surface area (Å²) < 4.78 is 5.79. The van der Waals surface area contributed by atoms with Crippen LogP contribution in [0.4, 0.5) is 0 Å². The van der Waals surface area contributed by atoms with Crippen molar-refractivity contribution in [3.05, 3.63) is 23.7 Å². The molecule has 4 heteroatoms. The van der Waals surface area contributed by atoms with E-state index in [1.54, 1.807) is 0 Å². The summed E-state index contributed by atoms with van der Waals surface area (Å²) in [5.74, 6) is 2.06. The van der Waals surface area contributed by atoms with Crippen molar-refractivity contribution in [1.29, 1.82) is 0 Å². The lowest BCUT2D eigenvalue weighted by Crippen LogP contribution is -2.44. The molecule has 0 amide bonds. The minimum absolute atomic E-state index is 0.216. The van der Waals surface area contributed by atoms with Gasteiger partial charge in [-0.05, 0) is 45.1 Å². The zero-order valence-corrected chi connectivity index (χ0v) is 12.1. The Morgan fingerprint density at radius 1 is 1.32 bits per heavy atom. The van der Waals surface area contributed by atoms with Crippen LogP contribution in [-0.2, 0) is 13.0 Å². The topological polar surface area (TPSA) is 39.9 Å². The molecule has 2 heterocycles. The molecule has 0 bridgehead atoms. The summed E-state index contributed by atoms with van der Waals surface area (Å²) >= 11 is 0.